The number of imide groups is 1. The Labute approximate surface area is 179 Å². The molecule has 3 heterocycles. The molecule has 0 saturated carbocycles. The van der Waals surface area contributed by atoms with E-state index in [-0.39, 0.29) is 23.0 Å². The van der Waals surface area contributed by atoms with Gasteiger partial charge in [0, 0.05) is 37.3 Å². The summed E-state index contributed by atoms with van der Waals surface area (Å²) in [5.41, 5.74) is 1.38. The first-order chi connectivity index (χ1) is 15.0. The minimum Gasteiger partial charge on any atom is -0.497 e. The lowest BCUT2D eigenvalue weighted by Gasteiger charge is -2.42. The second kappa shape index (κ2) is 8.48. The van der Waals surface area contributed by atoms with E-state index in [4.69, 9.17) is 4.74 Å². The minimum atomic E-state index is -0.740. The van der Waals surface area contributed by atoms with Crippen LogP contribution in [0.2, 0.25) is 0 Å². The third-order valence-electron chi connectivity index (χ3n) is 5.78. The number of methoxy groups -OCH3 is 1. The van der Waals surface area contributed by atoms with Gasteiger partial charge in [0.2, 0.25) is 0 Å². The monoisotopic (exact) mass is 418 g/mol. The number of urea groups is 1. The molecule has 8 heteroatoms. The van der Waals surface area contributed by atoms with Crippen molar-refractivity contribution in [2.75, 3.05) is 20.2 Å². The molecule has 1 fully saturated rings. The lowest BCUT2D eigenvalue weighted by Crippen LogP contribution is -2.52. The van der Waals surface area contributed by atoms with Crippen LogP contribution in [0, 0.1) is 17.2 Å². The molecule has 2 aromatic rings. The highest BCUT2D eigenvalue weighted by Crippen LogP contribution is 2.34. The molecule has 1 N–H and O–H groups in total. The SMILES string of the molecule is COc1ccc(C=C(C#N)C(=O)NC(=O)N2CC3CC(C2)c2cccc(=O)n2C3)cc1. The number of amides is 3. The number of nitriles is 1. The smallest absolute Gasteiger partial charge is 0.324 e. The van der Waals surface area contributed by atoms with Gasteiger partial charge < -0.3 is 14.2 Å². The van der Waals surface area contributed by atoms with Gasteiger partial charge >= 0.3 is 6.03 Å². The van der Waals surface area contributed by atoms with Gasteiger partial charge in [-0.2, -0.15) is 5.26 Å². The van der Waals surface area contributed by atoms with Gasteiger partial charge in [0.1, 0.15) is 17.4 Å². The van der Waals surface area contributed by atoms with Crippen LogP contribution >= 0.6 is 0 Å². The molecule has 0 radical (unpaired) electrons. The van der Waals surface area contributed by atoms with Gasteiger partial charge in [-0.3, -0.25) is 14.9 Å². The number of benzene rings is 1. The summed E-state index contributed by atoms with van der Waals surface area (Å²) < 4.78 is 6.88. The fourth-order valence-corrected chi connectivity index (χ4v) is 4.32. The minimum absolute atomic E-state index is 0.0254. The Hall–Kier alpha value is -3.86. The molecule has 0 aliphatic carbocycles. The molecule has 2 atom stereocenters. The van der Waals surface area contributed by atoms with Crippen LogP contribution in [0.1, 0.15) is 23.6 Å². The van der Waals surface area contributed by atoms with Gasteiger partial charge in [-0.15, -0.1) is 0 Å². The van der Waals surface area contributed by atoms with Crippen LogP contribution in [0.25, 0.3) is 6.08 Å². The summed E-state index contributed by atoms with van der Waals surface area (Å²) in [7, 11) is 1.55. The summed E-state index contributed by atoms with van der Waals surface area (Å²) in [4.78, 5) is 39.0. The van der Waals surface area contributed by atoms with E-state index in [1.54, 1.807) is 53.0 Å². The molecule has 31 heavy (non-hydrogen) atoms. The van der Waals surface area contributed by atoms with Crippen molar-refractivity contribution in [1.29, 1.82) is 5.26 Å². The number of pyridine rings is 1. The summed E-state index contributed by atoms with van der Waals surface area (Å²) in [6, 6.07) is 13.4. The van der Waals surface area contributed by atoms with Crippen LogP contribution < -0.4 is 15.6 Å². The molecule has 0 spiro atoms. The molecule has 1 aromatic heterocycles. The van der Waals surface area contributed by atoms with Gasteiger partial charge in [-0.05, 0) is 42.2 Å². The third kappa shape index (κ3) is 4.21. The van der Waals surface area contributed by atoms with E-state index in [0.717, 1.165) is 12.1 Å². The summed E-state index contributed by atoms with van der Waals surface area (Å²) in [6.07, 6.45) is 2.33. The number of nitrogens with one attached hydrogen (secondary N) is 1. The zero-order valence-corrected chi connectivity index (χ0v) is 17.1. The maximum Gasteiger partial charge on any atom is 0.324 e. The number of aromatic nitrogens is 1. The number of ether oxygens (including phenoxy) is 1. The topological polar surface area (TPSA) is 104 Å². The number of piperidine rings is 1. The van der Waals surface area contributed by atoms with Gasteiger partial charge in [-0.1, -0.05) is 18.2 Å². The number of hydrogen-bond acceptors (Lipinski definition) is 5. The van der Waals surface area contributed by atoms with E-state index in [1.165, 1.54) is 6.08 Å². The number of rotatable bonds is 3. The molecule has 3 amide bonds. The van der Waals surface area contributed by atoms with E-state index >= 15 is 0 Å². The number of carbonyl (C=O) groups is 2. The lowest BCUT2D eigenvalue weighted by atomic mass is 9.83. The van der Waals surface area contributed by atoms with Crippen LogP contribution in [0.15, 0.2) is 52.8 Å². The van der Waals surface area contributed by atoms with E-state index in [2.05, 4.69) is 5.32 Å². The Kier molecular flexibility index (Phi) is 5.58. The number of hydrogen-bond donors (Lipinski definition) is 1. The first-order valence-electron chi connectivity index (χ1n) is 10.0. The zero-order valence-electron chi connectivity index (χ0n) is 17.1. The largest absolute Gasteiger partial charge is 0.497 e. The quantitative estimate of drug-likeness (QED) is 0.607. The van der Waals surface area contributed by atoms with Crippen LogP contribution in [-0.2, 0) is 11.3 Å². The fourth-order valence-electron chi connectivity index (χ4n) is 4.32. The van der Waals surface area contributed by atoms with Gasteiger partial charge in [0.25, 0.3) is 11.5 Å². The van der Waals surface area contributed by atoms with Crippen LogP contribution in [-0.4, -0.2) is 41.6 Å². The molecular formula is C23H22N4O4. The van der Waals surface area contributed by atoms with Crippen molar-refractivity contribution in [3.05, 3.63) is 69.6 Å². The highest BCUT2D eigenvalue weighted by atomic mass is 16.5. The standard InChI is InChI=1S/C23H22N4O4/c1-31-19-7-5-15(6-8-19)9-17(11-24)22(29)25-23(30)26-12-16-10-18(14-26)20-3-2-4-21(28)27(20)13-16/h2-9,16,18H,10,12-14H2,1H3,(H,25,29,30). The van der Waals surface area contributed by atoms with Crippen LogP contribution in [0.4, 0.5) is 4.79 Å². The Morgan fingerprint density at radius 3 is 2.65 bits per heavy atom. The number of carbonyl (C=O) groups excluding carboxylic acids is 2. The molecule has 2 aliphatic rings. The first kappa shape index (κ1) is 20.4. The molecule has 2 aliphatic heterocycles. The number of fused-ring (bicyclic) bond motifs is 4. The molecule has 4 rings (SSSR count). The van der Waals surface area contributed by atoms with E-state index in [1.807, 2.05) is 12.1 Å². The van der Waals surface area contributed by atoms with Gasteiger partial charge in [0.05, 0.1) is 7.11 Å². The Bertz CT molecular complexity index is 1140. The molecule has 1 aromatic carbocycles. The summed E-state index contributed by atoms with van der Waals surface area (Å²) in [5, 5.41) is 11.7. The van der Waals surface area contributed by atoms with Crippen molar-refractivity contribution in [3.63, 3.8) is 0 Å². The predicted octanol–water partition coefficient (Wildman–Crippen LogP) is 2.12. The molecule has 1 saturated heterocycles. The second-order valence-electron chi connectivity index (χ2n) is 7.81. The van der Waals surface area contributed by atoms with Crippen LogP contribution in [0.5, 0.6) is 5.75 Å². The summed E-state index contributed by atoms with van der Waals surface area (Å²) >= 11 is 0. The predicted molar refractivity (Wildman–Crippen MR) is 113 cm³/mol. The maximum atomic E-state index is 12.7. The third-order valence-corrected chi connectivity index (χ3v) is 5.78. The summed E-state index contributed by atoms with van der Waals surface area (Å²) in [5.74, 6) is 0.121. The van der Waals surface area contributed by atoms with Crippen molar-refractivity contribution in [1.82, 2.24) is 14.8 Å². The zero-order chi connectivity index (χ0) is 22.0. The van der Waals surface area contributed by atoms with Crippen molar-refractivity contribution >= 4 is 18.0 Å². The molecular weight excluding hydrogens is 396 g/mol. The Morgan fingerprint density at radius 1 is 1.16 bits per heavy atom. The van der Waals surface area contributed by atoms with Gasteiger partial charge in [0.15, 0.2) is 0 Å². The average molecular weight is 418 g/mol. The summed E-state index contributed by atoms with van der Waals surface area (Å²) in [6.45, 7) is 1.44. The Morgan fingerprint density at radius 2 is 1.94 bits per heavy atom. The van der Waals surface area contributed by atoms with E-state index in [0.29, 0.717) is 30.9 Å². The van der Waals surface area contributed by atoms with Crippen LogP contribution in [0.3, 0.4) is 0 Å². The maximum absolute atomic E-state index is 12.7. The van der Waals surface area contributed by atoms with Crippen molar-refractivity contribution in [2.24, 2.45) is 5.92 Å². The van der Waals surface area contributed by atoms with Crippen molar-refractivity contribution in [3.8, 4) is 11.8 Å². The molecule has 2 bridgehead atoms. The van der Waals surface area contributed by atoms with Gasteiger partial charge in [-0.25, -0.2) is 4.79 Å². The highest BCUT2D eigenvalue weighted by molar-refractivity contribution is 6.08. The van der Waals surface area contributed by atoms with Crippen molar-refractivity contribution in [2.45, 2.75) is 18.9 Å². The molecule has 8 nitrogen and oxygen atoms in total. The first-order valence-corrected chi connectivity index (χ1v) is 10.0. The fraction of sp³-hybridized carbons (Fsp3) is 0.304. The highest BCUT2D eigenvalue weighted by Gasteiger charge is 2.36. The van der Waals surface area contributed by atoms with E-state index < -0.39 is 11.9 Å². The second-order valence-corrected chi connectivity index (χ2v) is 7.81. The number of likely N-dealkylation sites (tertiary alicyclic amines) is 1. The van der Waals surface area contributed by atoms with Crippen molar-refractivity contribution < 1.29 is 14.3 Å². The normalized spacial score (nSPS) is 19.7. The molecule has 158 valence electrons. The van der Waals surface area contributed by atoms with E-state index in [9.17, 15) is 19.6 Å². The average Bonchev–Trinajstić information content (AvgIpc) is 2.78. The number of nitrogens with zero attached hydrogens (tertiary/aromatic N) is 3. The molecule has 2 unspecified atom stereocenters. The lowest BCUT2D eigenvalue weighted by molar-refractivity contribution is -0.116. The Balaban J connectivity index is 1.45.